The van der Waals surface area contributed by atoms with Gasteiger partial charge >= 0.3 is 0 Å². The van der Waals surface area contributed by atoms with Gasteiger partial charge in [0.15, 0.2) is 5.75 Å². The van der Waals surface area contributed by atoms with Gasteiger partial charge in [0, 0.05) is 0 Å². The largest absolute Gasteiger partial charge is 0.484 e. The lowest BCUT2D eigenvalue weighted by Crippen LogP contribution is -2.16. The summed E-state index contributed by atoms with van der Waals surface area (Å²) >= 11 is 0. The van der Waals surface area contributed by atoms with E-state index in [2.05, 4.69) is 15.3 Å². The summed E-state index contributed by atoms with van der Waals surface area (Å²) in [4.78, 5) is 8.19. The Hall–Kier alpha value is -1.30. The number of halogens is 2. The fraction of sp³-hybridized carbons (Fsp3) is 0.600. The van der Waals surface area contributed by atoms with E-state index < -0.39 is 13.0 Å². The first kappa shape index (κ1) is 11.2. The van der Waals surface area contributed by atoms with E-state index in [0.717, 1.165) is 19.4 Å². The summed E-state index contributed by atoms with van der Waals surface area (Å²) in [6, 6.07) is 0.184. The van der Waals surface area contributed by atoms with Crippen LogP contribution in [0.1, 0.15) is 24.7 Å². The average molecular weight is 229 g/mol. The van der Waals surface area contributed by atoms with Gasteiger partial charge in [-0.15, -0.1) is 0 Å². The first-order valence-electron chi connectivity index (χ1n) is 5.22. The summed E-state index contributed by atoms with van der Waals surface area (Å²) in [6.07, 6.45) is 2.51. The van der Waals surface area contributed by atoms with Gasteiger partial charge in [-0.3, -0.25) is 0 Å². The van der Waals surface area contributed by atoms with Gasteiger partial charge in [0.25, 0.3) is 6.43 Å². The summed E-state index contributed by atoms with van der Waals surface area (Å²) in [7, 11) is 0. The van der Waals surface area contributed by atoms with E-state index in [4.69, 9.17) is 4.74 Å². The van der Waals surface area contributed by atoms with Gasteiger partial charge in [-0.25, -0.2) is 18.7 Å². The van der Waals surface area contributed by atoms with Gasteiger partial charge in [-0.05, 0) is 19.4 Å². The van der Waals surface area contributed by atoms with E-state index in [0.29, 0.717) is 5.82 Å². The highest BCUT2D eigenvalue weighted by Gasteiger charge is 2.18. The molecule has 0 spiro atoms. The molecule has 1 N–H and O–H groups in total. The Bertz CT molecular complexity index is 325. The van der Waals surface area contributed by atoms with Crippen LogP contribution in [0.2, 0.25) is 0 Å². The Morgan fingerprint density at radius 3 is 2.75 bits per heavy atom. The highest BCUT2D eigenvalue weighted by Crippen LogP contribution is 2.20. The van der Waals surface area contributed by atoms with Gasteiger partial charge in [0.2, 0.25) is 0 Å². The highest BCUT2D eigenvalue weighted by atomic mass is 19.3. The van der Waals surface area contributed by atoms with E-state index in [1.54, 1.807) is 0 Å². The Morgan fingerprint density at radius 1 is 1.44 bits per heavy atom. The molecule has 4 nitrogen and oxygen atoms in total. The molecule has 1 unspecified atom stereocenters. The Morgan fingerprint density at radius 2 is 2.19 bits per heavy atom. The quantitative estimate of drug-likeness (QED) is 0.850. The van der Waals surface area contributed by atoms with Crippen LogP contribution in [0.5, 0.6) is 5.75 Å². The monoisotopic (exact) mass is 229 g/mol. The van der Waals surface area contributed by atoms with E-state index in [1.807, 2.05) is 0 Å². The second-order valence-electron chi connectivity index (χ2n) is 3.63. The molecule has 0 bridgehead atoms. The molecule has 0 radical (unpaired) electrons. The highest BCUT2D eigenvalue weighted by molar-refractivity contribution is 5.13. The molecule has 1 aromatic rings. The van der Waals surface area contributed by atoms with Crippen molar-refractivity contribution in [2.45, 2.75) is 25.3 Å². The van der Waals surface area contributed by atoms with Crippen molar-refractivity contribution in [3.63, 3.8) is 0 Å². The third-order valence-corrected chi connectivity index (χ3v) is 2.40. The Kier molecular flexibility index (Phi) is 3.61. The number of rotatable bonds is 4. The van der Waals surface area contributed by atoms with Crippen molar-refractivity contribution < 1.29 is 13.5 Å². The fourth-order valence-corrected chi connectivity index (χ4v) is 1.64. The van der Waals surface area contributed by atoms with Crippen LogP contribution >= 0.6 is 0 Å². The summed E-state index contributed by atoms with van der Waals surface area (Å²) in [6.45, 7) is 0.349. The van der Waals surface area contributed by atoms with Crippen LogP contribution in [0, 0.1) is 0 Å². The van der Waals surface area contributed by atoms with Crippen molar-refractivity contribution in [2.75, 3.05) is 13.2 Å². The second-order valence-corrected chi connectivity index (χ2v) is 3.63. The van der Waals surface area contributed by atoms with Gasteiger partial charge in [-0.2, -0.15) is 0 Å². The topological polar surface area (TPSA) is 47.0 Å². The number of hydrogen-bond acceptors (Lipinski definition) is 4. The SMILES string of the molecule is FC(F)COc1cnc(C2CCCN2)nc1. The van der Waals surface area contributed by atoms with E-state index >= 15 is 0 Å². The molecular formula is C10H13F2N3O. The predicted molar refractivity (Wildman–Crippen MR) is 53.5 cm³/mol. The molecule has 0 amide bonds. The van der Waals surface area contributed by atoms with Crippen LogP contribution < -0.4 is 10.1 Å². The maximum Gasteiger partial charge on any atom is 0.272 e. The third kappa shape index (κ3) is 2.85. The number of ether oxygens (including phenoxy) is 1. The van der Waals surface area contributed by atoms with Crippen molar-refractivity contribution in [1.29, 1.82) is 0 Å². The zero-order chi connectivity index (χ0) is 11.4. The minimum absolute atomic E-state index is 0.184. The number of hydrogen-bond donors (Lipinski definition) is 1. The smallest absolute Gasteiger partial charge is 0.272 e. The van der Waals surface area contributed by atoms with Crippen molar-refractivity contribution in [1.82, 2.24) is 15.3 Å². The average Bonchev–Trinajstić information content (AvgIpc) is 2.80. The number of aromatic nitrogens is 2. The van der Waals surface area contributed by atoms with Crippen LogP contribution in [-0.2, 0) is 0 Å². The molecule has 1 saturated heterocycles. The minimum Gasteiger partial charge on any atom is -0.484 e. The lowest BCUT2D eigenvalue weighted by molar-refractivity contribution is 0.0815. The first-order valence-corrected chi connectivity index (χ1v) is 5.22. The molecule has 6 heteroatoms. The van der Waals surface area contributed by atoms with Crippen molar-refractivity contribution >= 4 is 0 Å². The lowest BCUT2D eigenvalue weighted by Gasteiger charge is -2.09. The van der Waals surface area contributed by atoms with Crippen LogP contribution in [0.25, 0.3) is 0 Å². The van der Waals surface area contributed by atoms with Crippen LogP contribution in [0.15, 0.2) is 12.4 Å². The summed E-state index contributed by atoms with van der Waals surface area (Å²) < 4.78 is 28.5. The maximum atomic E-state index is 11.9. The van der Waals surface area contributed by atoms with Gasteiger partial charge in [-0.1, -0.05) is 0 Å². The summed E-state index contributed by atoms with van der Waals surface area (Å²) in [5.74, 6) is 0.976. The minimum atomic E-state index is -2.48. The zero-order valence-corrected chi connectivity index (χ0v) is 8.70. The molecule has 0 saturated carbocycles. The molecule has 0 aromatic carbocycles. The summed E-state index contributed by atoms with van der Waals surface area (Å²) in [5, 5.41) is 3.26. The molecule has 1 aromatic heterocycles. The van der Waals surface area contributed by atoms with Crippen molar-refractivity contribution in [3.8, 4) is 5.75 Å². The van der Waals surface area contributed by atoms with Gasteiger partial charge in [0.05, 0.1) is 18.4 Å². The molecule has 1 aliphatic heterocycles. The molecule has 2 rings (SSSR count). The van der Waals surface area contributed by atoms with Crippen LogP contribution in [0.3, 0.4) is 0 Å². The molecular weight excluding hydrogens is 216 g/mol. The second kappa shape index (κ2) is 5.16. The predicted octanol–water partition coefficient (Wildman–Crippen LogP) is 1.54. The molecule has 88 valence electrons. The maximum absolute atomic E-state index is 11.9. The van der Waals surface area contributed by atoms with Crippen LogP contribution in [-0.4, -0.2) is 29.5 Å². The van der Waals surface area contributed by atoms with E-state index in [9.17, 15) is 8.78 Å². The van der Waals surface area contributed by atoms with Crippen molar-refractivity contribution in [2.24, 2.45) is 0 Å². The molecule has 2 heterocycles. The molecule has 1 aliphatic rings. The summed E-state index contributed by atoms with van der Waals surface area (Å²) in [5.41, 5.74) is 0. The molecule has 1 fully saturated rings. The van der Waals surface area contributed by atoms with Gasteiger partial charge < -0.3 is 10.1 Å². The molecule has 1 atom stereocenters. The fourth-order valence-electron chi connectivity index (χ4n) is 1.64. The van der Waals surface area contributed by atoms with Gasteiger partial charge in [0.1, 0.15) is 12.4 Å². The zero-order valence-electron chi connectivity index (χ0n) is 8.70. The van der Waals surface area contributed by atoms with Crippen LogP contribution in [0.4, 0.5) is 8.78 Å². The molecule has 0 aliphatic carbocycles. The molecule has 16 heavy (non-hydrogen) atoms. The Labute approximate surface area is 92.0 Å². The third-order valence-electron chi connectivity index (χ3n) is 2.40. The number of nitrogens with one attached hydrogen (secondary N) is 1. The van der Waals surface area contributed by atoms with E-state index in [1.165, 1.54) is 12.4 Å². The van der Waals surface area contributed by atoms with Crippen molar-refractivity contribution in [3.05, 3.63) is 18.2 Å². The standard InChI is InChI=1S/C10H13F2N3O/c11-9(12)6-16-7-4-14-10(15-5-7)8-2-1-3-13-8/h4-5,8-9,13H,1-3,6H2. The number of nitrogens with zero attached hydrogens (tertiary/aromatic N) is 2. The Balaban J connectivity index is 1.93. The number of alkyl halides is 2. The normalized spacial score (nSPS) is 20.3. The lowest BCUT2D eigenvalue weighted by atomic mass is 10.2. The first-order chi connectivity index (χ1) is 7.75. The van der Waals surface area contributed by atoms with E-state index in [-0.39, 0.29) is 11.8 Å².